The standard InChI is InChI=1S/C17H18FNO2/c1-2-15(13-9-6-10-14(18)11-13)19-16(17(20)21)12-7-4-3-5-8-12/h3-11,15-16,19H,2H2,1H3,(H,20,21). The number of hydrogen-bond acceptors (Lipinski definition) is 2. The highest BCUT2D eigenvalue weighted by atomic mass is 19.1. The average molecular weight is 287 g/mol. The molecule has 2 rings (SSSR count). The van der Waals surface area contributed by atoms with Gasteiger partial charge in [0.15, 0.2) is 0 Å². The Hall–Kier alpha value is -2.20. The highest BCUT2D eigenvalue weighted by molar-refractivity contribution is 5.75. The molecule has 3 nitrogen and oxygen atoms in total. The summed E-state index contributed by atoms with van der Waals surface area (Å²) >= 11 is 0. The molecule has 0 saturated heterocycles. The quantitative estimate of drug-likeness (QED) is 0.852. The minimum absolute atomic E-state index is 0.220. The molecule has 0 heterocycles. The maximum Gasteiger partial charge on any atom is 0.325 e. The van der Waals surface area contributed by atoms with Crippen LogP contribution in [0.25, 0.3) is 0 Å². The van der Waals surface area contributed by atoms with Crippen molar-refractivity contribution in [3.63, 3.8) is 0 Å². The topological polar surface area (TPSA) is 49.3 Å². The number of carboxylic acids is 1. The average Bonchev–Trinajstić information content (AvgIpc) is 2.49. The Labute approximate surface area is 123 Å². The van der Waals surface area contributed by atoms with Gasteiger partial charge in [-0.3, -0.25) is 10.1 Å². The van der Waals surface area contributed by atoms with E-state index in [0.29, 0.717) is 12.0 Å². The normalized spacial score (nSPS) is 13.6. The van der Waals surface area contributed by atoms with E-state index in [2.05, 4.69) is 5.32 Å². The molecule has 0 aromatic heterocycles. The van der Waals surface area contributed by atoms with Gasteiger partial charge in [0.1, 0.15) is 11.9 Å². The van der Waals surface area contributed by atoms with Gasteiger partial charge in [-0.1, -0.05) is 49.4 Å². The predicted molar refractivity (Wildman–Crippen MR) is 79.4 cm³/mol. The van der Waals surface area contributed by atoms with Crippen LogP contribution in [-0.2, 0) is 4.79 Å². The van der Waals surface area contributed by atoms with Crippen LogP contribution in [0, 0.1) is 5.82 Å². The van der Waals surface area contributed by atoms with Crippen LogP contribution >= 0.6 is 0 Å². The monoisotopic (exact) mass is 287 g/mol. The van der Waals surface area contributed by atoms with Crippen molar-refractivity contribution in [3.05, 3.63) is 71.5 Å². The first-order chi connectivity index (χ1) is 10.1. The van der Waals surface area contributed by atoms with E-state index in [1.165, 1.54) is 12.1 Å². The number of benzene rings is 2. The molecule has 0 spiro atoms. The van der Waals surface area contributed by atoms with Crippen molar-refractivity contribution in [2.45, 2.75) is 25.4 Å². The van der Waals surface area contributed by atoms with Crippen LogP contribution in [0.2, 0.25) is 0 Å². The lowest BCUT2D eigenvalue weighted by Crippen LogP contribution is -2.31. The fourth-order valence-electron chi connectivity index (χ4n) is 2.33. The number of carboxylic acid groups (broad SMARTS) is 1. The van der Waals surface area contributed by atoms with Crippen molar-refractivity contribution in [1.82, 2.24) is 5.32 Å². The van der Waals surface area contributed by atoms with Gasteiger partial charge in [0.05, 0.1) is 0 Å². The molecule has 4 heteroatoms. The van der Waals surface area contributed by atoms with E-state index in [4.69, 9.17) is 0 Å². The van der Waals surface area contributed by atoms with Crippen LogP contribution in [0.5, 0.6) is 0 Å². The van der Waals surface area contributed by atoms with E-state index in [-0.39, 0.29) is 11.9 Å². The molecule has 0 radical (unpaired) electrons. The lowest BCUT2D eigenvalue weighted by Gasteiger charge is -2.23. The summed E-state index contributed by atoms with van der Waals surface area (Å²) in [5.41, 5.74) is 1.43. The van der Waals surface area contributed by atoms with Gasteiger partial charge in [-0.05, 0) is 29.7 Å². The first-order valence-electron chi connectivity index (χ1n) is 6.91. The van der Waals surface area contributed by atoms with E-state index in [1.54, 1.807) is 36.4 Å². The molecule has 2 aromatic carbocycles. The largest absolute Gasteiger partial charge is 0.480 e. The van der Waals surface area contributed by atoms with Crippen LogP contribution in [0.15, 0.2) is 54.6 Å². The second-order valence-electron chi connectivity index (χ2n) is 4.86. The number of halogens is 1. The summed E-state index contributed by atoms with van der Waals surface area (Å²) in [6.45, 7) is 1.94. The maximum absolute atomic E-state index is 13.3. The predicted octanol–water partition coefficient (Wildman–Crippen LogP) is 3.69. The highest BCUT2D eigenvalue weighted by Gasteiger charge is 2.23. The molecule has 0 amide bonds. The smallest absolute Gasteiger partial charge is 0.325 e. The number of rotatable bonds is 6. The van der Waals surface area contributed by atoms with Crippen LogP contribution < -0.4 is 5.32 Å². The summed E-state index contributed by atoms with van der Waals surface area (Å²) in [6.07, 6.45) is 0.667. The van der Waals surface area contributed by atoms with Gasteiger partial charge in [-0.2, -0.15) is 0 Å². The number of carbonyl (C=O) groups is 1. The molecular formula is C17H18FNO2. The summed E-state index contributed by atoms with van der Waals surface area (Å²) in [5.74, 6) is -1.27. The molecule has 0 aliphatic carbocycles. The summed E-state index contributed by atoms with van der Waals surface area (Å²) in [7, 11) is 0. The van der Waals surface area contributed by atoms with Gasteiger partial charge in [-0.15, -0.1) is 0 Å². The zero-order chi connectivity index (χ0) is 15.2. The molecule has 0 bridgehead atoms. The van der Waals surface area contributed by atoms with Crippen LogP contribution in [0.1, 0.15) is 36.6 Å². The van der Waals surface area contributed by atoms with Crippen molar-refractivity contribution in [3.8, 4) is 0 Å². The fourth-order valence-corrected chi connectivity index (χ4v) is 2.33. The highest BCUT2D eigenvalue weighted by Crippen LogP contribution is 2.23. The second-order valence-corrected chi connectivity index (χ2v) is 4.86. The van der Waals surface area contributed by atoms with E-state index < -0.39 is 12.0 Å². The Morgan fingerprint density at radius 3 is 2.38 bits per heavy atom. The third-order valence-corrected chi connectivity index (χ3v) is 3.41. The van der Waals surface area contributed by atoms with E-state index in [9.17, 15) is 14.3 Å². The number of aliphatic carboxylic acids is 1. The zero-order valence-electron chi connectivity index (χ0n) is 11.8. The summed E-state index contributed by atoms with van der Waals surface area (Å²) in [4.78, 5) is 11.5. The van der Waals surface area contributed by atoms with Crippen LogP contribution in [0.4, 0.5) is 4.39 Å². The Morgan fingerprint density at radius 1 is 1.14 bits per heavy atom. The van der Waals surface area contributed by atoms with E-state index in [1.807, 2.05) is 13.0 Å². The van der Waals surface area contributed by atoms with Gasteiger partial charge >= 0.3 is 5.97 Å². The summed E-state index contributed by atoms with van der Waals surface area (Å²) < 4.78 is 13.3. The Kier molecular flexibility index (Phi) is 5.06. The second kappa shape index (κ2) is 6.99. The Balaban J connectivity index is 2.24. The molecule has 110 valence electrons. The van der Waals surface area contributed by atoms with Crippen molar-refractivity contribution in [2.24, 2.45) is 0 Å². The molecule has 2 atom stereocenters. The fraction of sp³-hybridized carbons (Fsp3) is 0.235. The number of nitrogens with one attached hydrogen (secondary N) is 1. The Bertz CT molecular complexity index is 601. The first-order valence-corrected chi connectivity index (χ1v) is 6.91. The molecular weight excluding hydrogens is 269 g/mol. The van der Waals surface area contributed by atoms with Crippen molar-refractivity contribution in [1.29, 1.82) is 0 Å². The molecule has 0 saturated carbocycles. The molecule has 21 heavy (non-hydrogen) atoms. The maximum atomic E-state index is 13.3. The van der Waals surface area contributed by atoms with E-state index >= 15 is 0 Å². The summed E-state index contributed by atoms with van der Waals surface area (Å²) in [6, 6.07) is 14.2. The van der Waals surface area contributed by atoms with Crippen LogP contribution in [-0.4, -0.2) is 11.1 Å². The van der Waals surface area contributed by atoms with Crippen molar-refractivity contribution >= 4 is 5.97 Å². The minimum atomic E-state index is -0.948. The Morgan fingerprint density at radius 2 is 1.81 bits per heavy atom. The summed E-state index contributed by atoms with van der Waals surface area (Å²) in [5, 5.41) is 12.5. The molecule has 0 aliphatic rings. The van der Waals surface area contributed by atoms with Gasteiger partial charge in [0, 0.05) is 6.04 Å². The molecule has 2 N–H and O–H groups in total. The lowest BCUT2D eigenvalue weighted by atomic mass is 10.0. The molecule has 0 aliphatic heterocycles. The third-order valence-electron chi connectivity index (χ3n) is 3.41. The van der Waals surface area contributed by atoms with Crippen LogP contribution in [0.3, 0.4) is 0 Å². The zero-order valence-corrected chi connectivity index (χ0v) is 11.8. The van der Waals surface area contributed by atoms with Gasteiger partial charge < -0.3 is 5.11 Å². The minimum Gasteiger partial charge on any atom is -0.480 e. The van der Waals surface area contributed by atoms with Gasteiger partial charge in [0.2, 0.25) is 0 Å². The van der Waals surface area contributed by atoms with Gasteiger partial charge in [0.25, 0.3) is 0 Å². The van der Waals surface area contributed by atoms with E-state index in [0.717, 1.165) is 5.56 Å². The van der Waals surface area contributed by atoms with Gasteiger partial charge in [-0.25, -0.2) is 4.39 Å². The lowest BCUT2D eigenvalue weighted by molar-refractivity contribution is -0.139. The molecule has 2 unspecified atom stereocenters. The van der Waals surface area contributed by atoms with Crippen molar-refractivity contribution < 1.29 is 14.3 Å². The number of hydrogen-bond donors (Lipinski definition) is 2. The SMILES string of the molecule is CCC(NC(C(=O)O)c1ccccc1)c1cccc(F)c1. The molecule has 0 fully saturated rings. The van der Waals surface area contributed by atoms with Crippen molar-refractivity contribution in [2.75, 3.05) is 0 Å². The first kappa shape index (κ1) is 15.2. The third kappa shape index (κ3) is 3.89. The molecule has 2 aromatic rings.